The largest absolute Gasteiger partial charge is 0.386 e. The van der Waals surface area contributed by atoms with E-state index in [4.69, 9.17) is 0 Å². The monoisotopic (exact) mass is 220 g/mol. The van der Waals surface area contributed by atoms with Gasteiger partial charge in [-0.25, -0.2) is 0 Å². The molecular weight excluding hydrogens is 204 g/mol. The van der Waals surface area contributed by atoms with Crippen LogP contribution in [0.1, 0.15) is 24.6 Å². The first-order valence-electron chi connectivity index (χ1n) is 5.80. The first kappa shape index (κ1) is 10.1. The minimum absolute atomic E-state index is 0.0173. The Balaban J connectivity index is 2.02. The Morgan fingerprint density at radius 3 is 2.94 bits per heavy atom. The molecular formula is C12H16N2O2. The van der Waals surface area contributed by atoms with E-state index in [2.05, 4.69) is 5.32 Å². The highest BCUT2D eigenvalue weighted by Gasteiger charge is 2.45. The van der Waals surface area contributed by atoms with Crippen LogP contribution in [0.3, 0.4) is 0 Å². The highest BCUT2D eigenvalue weighted by Crippen LogP contribution is 2.47. The summed E-state index contributed by atoms with van der Waals surface area (Å²) in [5.74, 6) is 0. The first-order valence-corrected chi connectivity index (χ1v) is 5.80. The molecule has 1 aromatic rings. The maximum absolute atomic E-state index is 11.3. The van der Waals surface area contributed by atoms with Crippen molar-refractivity contribution in [1.82, 2.24) is 9.88 Å². The highest BCUT2D eigenvalue weighted by atomic mass is 16.3. The molecule has 3 rings (SSSR count). The third-order valence-electron chi connectivity index (χ3n) is 3.99. The van der Waals surface area contributed by atoms with Crippen molar-refractivity contribution in [1.29, 1.82) is 0 Å². The summed E-state index contributed by atoms with van der Waals surface area (Å²) in [6.45, 7) is 2.75. The molecule has 0 radical (unpaired) electrons. The molecule has 1 unspecified atom stereocenters. The summed E-state index contributed by atoms with van der Waals surface area (Å²) in [5, 5.41) is 13.7. The SMILES string of the molecule is O=c1ccn2c(c1)C(O)C1(CCNCC1)C2. The molecule has 2 aliphatic heterocycles. The van der Waals surface area contributed by atoms with Gasteiger partial charge in [-0.1, -0.05) is 0 Å². The second-order valence-electron chi connectivity index (χ2n) is 4.93. The molecule has 1 aromatic heterocycles. The van der Waals surface area contributed by atoms with E-state index in [0.717, 1.165) is 38.2 Å². The van der Waals surface area contributed by atoms with Gasteiger partial charge in [-0.2, -0.15) is 0 Å². The van der Waals surface area contributed by atoms with Crippen LogP contribution < -0.4 is 10.7 Å². The maximum atomic E-state index is 11.3. The van der Waals surface area contributed by atoms with E-state index < -0.39 is 6.10 Å². The molecule has 2 N–H and O–H groups in total. The summed E-state index contributed by atoms with van der Waals surface area (Å²) >= 11 is 0. The van der Waals surface area contributed by atoms with Gasteiger partial charge in [0, 0.05) is 30.3 Å². The van der Waals surface area contributed by atoms with Crippen LogP contribution in [0.4, 0.5) is 0 Å². The third kappa shape index (κ3) is 1.33. The third-order valence-corrected chi connectivity index (χ3v) is 3.99. The molecule has 1 fully saturated rings. The van der Waals surface area contributed by atoms with E-state index in [1.54, 1.807) is 18.3 Å². The van der Waals surface area contributed by atoms with Gasteiger partial charge in [-0.3, -0.25) is 4.79 Å². The molecule has 0 bridgehead atoms. The number of hydrogen-bond donors (Lipinski definition) is 2. The number of aliphatic hydroxyl groups excluding tert-OH is 1. The van der Waals surface area contributed by atoms with E-state index in [9.17, 15) is 9.90 Å². The van der Waals surface area contributed by atoms with Gasteiger partial charge in [-0.05, 0) is 25.9 Å². The topological polar surface area (TPSA) is 54.3 Å². The van der Waals surface area contributed by atoms with Gasteiger partial charge in [0.25, 0.3) is 0 Å². The van der Waals surface area contributed by atoms with Gasteiger partial charge in [0.1, 0.15) is 6.10 Å². The number of hydrogen-bond acceptors (Lipinski definition) is 3. The standard InChI is InChI=1S/C12H16N2O2/c15-9-1-6-14-8-12(2-4-13-5-3-12)11(16)10(14)7-9/h1,6-7,11,13,16H,2-5,8H2. The number of rotatable bonds is 0. The summed E-state index contributed by atoms with van der Waals surface area (Å²) in [6, 6.07) is 3.14. The number of nitrogens with zero attached hydrogens (tertiary/aromatic N) is 1. The van der Waals surface area contributed by atoms with Crippen LogP contribution in [0, 0.1) is 5.41 Å². The van der Waals surface area contributed by atoms with Gasteiger partial charge in [0.15, 0.2) is 5.43 Å². The lowest BCUT2D eigenvalue weighted by molar-refractivity contribution is 0.0127. The van der Waals surface area contributed by atoms with Crippen molar-refractivity contribution in [2.45, 2.75) is 25.5 Å². The average Bonchev–Trinajstić information content (AvgIpc) is 2.55. The molecule has 1 atom stereocenters. The molecule has 86 valence electrons. The van der Waals surface area contributed by atoms with Crippen LogP contribution in [0.5, 0.6) is 0 Å². The molecule has 4 heteroatoms. The molecule has 2 aliphatic rings. The molecule has 3 heterocycles. The lowest BCUT2D eigenvalue weighted by Gasteiger charge is -2.35. The smallest absolute Gasteiger partial charge is 0.181 e. The number of aromatic nitrogens is 1. The molecule has 1 saturated heterocycles. The molecule has 0 aromatic carbocycles. The van der Waals surface area contributed by atoms with Crippen molar-refractivity contribution in [3.63, 3.8) is 0 Å². The summed E-state index contributed by atoms with van der Waals surface area (Å²) in [7, 11) is 0. The fourth-order valence-corrected chi connectivity index (χ4v) is 3.00. The van der Waals surface area contributed by atoms with Crippen molar-refractivity contribution in [3.05, 3.63) is 34.2 Å². The van der Waals surface area contributed by atoms with E-state index in [1.165, 1.54) is 0 Å². The van der Waals surface area contributed by atoms with Gasteiger partial charge < -0.3 is 15.0 Å². The van der Waals surface area contributed by atoms with Gasteiger partial charge in [-0.15, -0.1) is 0 Å². The first-order chi connectivity index (χ1) is 7.71. The second kappa shape index (κ2) is 3.43. The minimum atomic E-state index is -0.483. The lowest BCUT2D eigenvalue weighted by atomic mass is 9.75. The second-order valence-corrected chi connectivity index (χ2v) is 4.93. The average molecular weight is 220 g/mol. The molecule has 16 heavy (non-hydrogen) atoms. The van der Waals surface area contributed by atoms with Crippen LogP contribution in [0.2, 0.25) is 0 Å². The summed E-state index contributed by atoms with van der Waals surface area (Å²) in [6.07, 6.45) is 3.27. The summed E-state index contributed by atoms with van der Waals surface area (Å²) in [4.78, 5) is 11.3. The minimum Gasteiger partial charge on any atom is -0.386 e. The number of piperidine rings is 1. The number of fused-ring (bicyclic) bond motifs is 1. The van der Waals surface area contributed by atoms with E-state index in [1.807, 2.05) is 4.57 Å². The molecule has 4 nitrogen and oxygen atoms in total. The van der Waals surface area contributed by atoms with Crippen molar-refractivity contribution in [2.75, 3.05) is 13.1 Å². The Morgan fingerprint density at radius 1 is 1.44 bits per heavy atom. The molecule has 0 aliphatic carbocycles. The predicted molar refractivity (Wildman–Crippen MR) is 60.2 cm³/mol. The Bertz CT molecular complexity index is 460. The molecule has 0 amide bonds. The maximum Gasteiger partial charge on any atom is 0.181 e. The van der Waals surface area contributed by atoms with Crippen LogP contribution in [-0.2, 0) is 6.54 Å². The van der Waals surface area contributed by atoms with Crippen LogP contribution >= 0.6 is 0 Å². The summed E-state index contributed by atoms with van der Waals surface area (Å²) < 4.78 is 2.03. The number of pyridine rings is 1. The van der Waals surface area contributed by atoms with Gasteiger partial charge in [0.2, 0.25) is 0 Å². The van der Waals surface area contributed by atoms with Crippen LogP contribution in [0.15, 0.2) is 23.1 Å². The van der Waals surface area contributed by atoms with E-state index in [-0.39, 0.29) is 10.8 Å². The zero-order valence-corrected chi connectivity index (χ0v) is 9.15. The van der Waals surface area contributed by atoms with Gasteiger partial charge in [0.05, 0.1) is 5.69 Å². The number of aliphatic hydroxyl groups is 1. The van der Waals surface area contributed by atoms with Crippen LogP contribution in [0.25, 0.3) is 0 Å². The zero-order valence-electron chi connectivity index (χ0n) is 9.15. The zero-order chi connectivity index (χ0) is 11.2. The Kier molecular flexibility index (Phi) is 2.16. The fraction of sp³-hybridized carbons (Fsp3) is 0.583. The van der Waals surface area contributed by atoms with Crippen molar-refractivity contribution in [2.24, 2.45) is 5.41 Å². The predicted octanol–water partition coefficient (Wildman–Crippen LogP) is 0.265. The normalized spacial score (nSPS) is 26.9. The fourth-order valence-electron chi connectivity index (χ4n) is 3.00. The van der Waals surface area contributed by atoms with Crippen molar-refractivity contribution in [3.8, 4) is 0 Å². The molecule has 1 spiro atoms. The Labute approximate surface area is 93.9 Å². The van der Waals surface area contributed by atoms with Gasteiger partial charge >= 0.3 is 0 Å². The highest BCUT2D eigenvalue weighted by molar-refractivity contribution is 5.18. The molecule has 0 saturated carbocycles. The van der Waals surface area contributed by atoms with E-state index in [0.29, 0.717) is 0 Å². The van der Waals surface area contributed by atoms with Crippen molar-refractivity contribution >= 4 is 0 Å². The Hall–Kier alpha value is -1.13. The number of nitrogens with one attached hydrogen (secondary N) is 1. The summed E-state index contributed by atoms with van der Waals surface area (Å²) in [5.41, 5.74) is 0.720. The van der Waals surface area contributed by atoms with Crippen LogP contribution in [-0.4, -0.2) is 22.8 Å². The van der Waals surface area contributed by atoms with Crippen molar-refractivity contribution < 1.29 is 5.11 Å². The van der Waals surface area contributed by atoms with E-state index >= 15 is 0 Å². The quantitative estimate of drug-likeness (QED) is 0.659. The Morgan fingerprint density at radius 2 is 2.19 bits per heavy atom. The lowest BCUT2D eigenvalue weighted by Crippen LogP contribution is -2.39.